The molecule has 3 heteroatoms. The monoisotopic (exact) mass is 315 g/mol. The van der Waals surface area contributed by atoms with E-state index in [2.05, 4.69) is 35.8 Å². The second kappa shape index (κ2) is 5.46. The van der Waals surface area contributed by atoms with Crippen LogP contribution in [0.25, 0.3) is 11.1 Å². The van der Waals surface area contributed by atoms with Crippen LogP contribution < -0.4 is 0 Å². The molecule has 0 unspecified atom stereocenters. The lowest BCUT2D eigenvalue weighted by molar-refractivity contribution is 0.477. The summed E-state index contributed by atoms with van der Waals surface area (Å²) in [6, 6.07) is 13.1. The summed E-state index contributed by atoms with van der Waals surface area (Å²) in [6.07, 6.45) is 0. The molecule has 0 aliphatic heterocycles. The van der Waals surface area contributed by atoms with E-state index in [0.717, 1.165) is 15.6 Å². The fourth-order valence-corrected chi connectivity index (χ4v) is 2.74. The van der Waals surface area contributed by atoms with E-state index in [1.165, 1.54) is 0 Å². The average Bonchev–Trinajstić information content (AvgIpc) is 2.38. The van der Waals surface area contributed by atoms with Gasteiger partial charge in [-0.3, -0.25) is 0 Å². The van der Waals surface area contributed by atoms with Gasteiger partial charge in [0, 0.05) is 15.6 Å². The minimum Gasteiger partial charge on any atom is -0.507 e. The van der Waals surface area contributed by atoms with Crippen molar-refractivity contribution >= 4 is 15.9 Å². The maximum absolute atomic E-state index is 10.1. The molecule has 19 heavy (non-hydrogen) atoms. The zero-order valence-electron chi connectivity index (χ0n) is 10.8. The number of phenols is 1. The summed E-state index contributed by atoms with van der Waals surface area (Å²) in [5, 5.41) is 19.5. The molecule has 0 aromatic heterocycles. The molecule has 0 saturated heterocycles. The Kier molecular flexibility index (Phi) is 3.92. The van der Waals surface area contributed by atoms with Crippen LogP contribution in [-0.2, 0) is 0 Å². The Bertz CT molecular complexity index is 636. The van der Waals surface area contributed by atoms with Crippen molar-refractivity contribution in [3.05, 3.63) is 52.0 Å². The fraction of sp³-hybridized carbons (Fsp3) is 0.188. The summed E-state index contributed by atoms with van der Waals surface area (Å²) in [4.78, 5) is 0. The first-order valence-corrected chi connectivity index (χ1v) is 6.86. The molecule has 96 valence electrons. The lowest BCUT2D eigenvalue weighted by Crippen LogP contribution is -1.96. The molecule has 0 fully saturated rings. The Morgan fingerprint density at radius 1 is 1.11 bits per heavy atom. The van der Waals surface area contributed by atoms with Crippen molar-refractivity contribution in [2.24, 2.45) is 0 Å². The number of aromatic hydroxyl groups is 1. The normalized spacial score (nSPS) is 10.5. The molecule has 0 atom stereocenters. The topological polar surface area (TPSA) is 44.0 Å². The van der Waals surface area contributed by atoms with E-state index in [-0.39, 0.29) is 11.7 Å². The number of nitrogens with zero attached hydrogens (tertiary/aromatic N) is 1. The third-order valence-electron chi connectivity index (χ3n) is 3.08. The zero-order chi connectivity index (χ0) is 14.0. The zero-order valence-corrected chi connectivity index (χ0v) is 12.4. The van der Waals surface area contributed by atoms with Crippen molar-refractivity contribution in [3.63, 3.8) is 0 Å². The standard InChI is InChI=1S/C16H14BrNO/c1-10(2)12-6-3-5-11(9-18)15(12)16-13(17)7-4-8-14(16)19/h3-8,10,19H,1-2H3. The van der Waals surface area contributed by atoms with Gasteiger partial charge >= 0.3 is 0 Å². The maximum Gasteiger partial charge on any atom is 0.124 e. The maximum atomic E-state index is 10.1. The molecule has 0 saturated carbocycles. The van der Waals surface area contributed by atoms with Gasteiger partial charge in [-0.2, -0.15) is 5.26 Å². The summed E-state index contributed by atoms with van der Waals surface area (Å²) < 4.78 is 0.789. The Balaban J connectivity index is 2.85. The summed E-state index contributed by atoms with van der Waals surface area (Å²) >= 11 is 3.46. The minimum absolute atomic E-state index is 0.180. The van der Waals surface area contributed by atoms with Crippen LogP contribution in [0.15, 0.2) is 40.9 Å². The van der Waals surface area contributed by atoms with Gasteiger partial charge in [0.2, 0.25) is 0 Å². The quantitative estimate of drug-likeness (QED) is 0.863. The third-order valence-corrected chi connectivity index (χ3v) is 3.74. The molecule has 0 aliphatic carbocycles. The second-order valence-corrected chi connectivity index (χ2v) is 5.52. The molecule has 2 aromatic carbocycles. The lowest BCUT2D eigenvalue weighted by Gasteiger charge is -2.16. The highest BCUT2D eigenvalue weighted by Gasteiger charge is 2.18. The van der Waals surface area contributed by atoms with Gasteiger partial charge in [0.05, 0.1) is 11.6 Å². The first-order chi connectivity index (χ1) is 9.06. The van der Waals surface area contributed by atoms with Gasteiger partial charge in [0.1, 0.15) is 5.75 Å². The number of rotatable bonds is 2. The number of benzene rings is 2. The largest absolute Gasteiger partial charge is 0.507 e. The molecule has 1 N–H and O–H groups in total. The SMILES string of the molecule is CC(C)c1cccc(C#N)c1-c1c(O)cccc1Br. The highest BCUT2D eigenvalue weighted by molar-refractivity contribution is 9.10. The molecule has 0 heterocycles. The number of nitriles is 1. The summed E-state index contributed by atoms with van der Waals surface area (Å²) in [6.45, 7) is 4.15. The highest BCUT2D eigenvalue weighted by Crippen LogP contribution is 2.41. The Morgan fingerprint density at radius 3 is 2.37 bits per heavy atom. The minimum atomic E-state index is 0.180. The van der Waals surface area contributed by atoms with Crippen molar-refractivity contribution in [2.75, 3.05) is 0 Å². The Hall–Kier alpha value is -1.79. The van der Waals surface area contributed by atoms with E-state index in [0.29, 0.717) is 11.1 Å². The van der Waals surface area contributed by atoms with Crippen LogP contribution >= 0.6 is 15.9 Å². The smallest absolute Gasteiger partial charge is 0.124 e. The molecule has 0 radical (unpaired) electrons. The van der Waals surface area contributed by atoms with Crippen molar-refractivity contribution in [1.82, 2.24) is 0 Å². The predicted molar refractivity (Wildman–Crippen MR) is 80.0 cm³/mol. The first kappa shape index (κ1) is 13.6. The Labute approximate surface area is 121 Å². The van der Waals surface area contributed by atoms with Crippen LogP contribution in [0.5, 0.6) is 5.75 Å². The number of hydrogen-bond donors (Lipinski definition) is 1. The molecular formula is C16H14BrNO. The fourth-order valence-electron chi connectivity index (χ4n) is 2.18. The molecular weight excluding hydrogens is 302 g/mol. The van der Waals surface area contributed by atoms with Crippen LogP contribution in [0, 0.1) is 11.3 Å². The van der Waals surface area contributed by atoms with Crippen LogP contribution in [0.3, 0.4) is 0 Å². The molecule has 0 spiro atoms. The van der Waals surface area contributed by atoms with Gasteiger partial charge < -0.3 is 5.11 Å². The molecule has 0 bridgehead atoms. The van der Waals surface area contributed by atoms with E-state index >= 15 is 0 Å². The molecule has 2 nitrogen and oxygen atoms in total. The van der Waals surface area contributed by atoms with Crippen molar-refractivity contribution < 1.29 is 5.11 Å². The van der Waals surface area contributed by atoms with Crippen LogP contribution in [0.4, 0.5) is 0 Å². The summed E-state index contributed by atoms with van der Waals surface area (Å²) in [5.41, 5.74) is 3.13. The van der Waals surface area contributed by atoms with Crippen LogP contribution in [0.1, 0.15) is 30.9 Å². The summed E-state index contributed by atoms with van der Waals surface area (Å²) in [7, 11) is 0. The van der Waals surface area contributed by atoms with Crippen molar-refractivity contribution in [3.8, 4) is 22.9 Å². The Morgan fingerprint density at radius 2 is 1.79 bits per heavy atom. The second-order valence-electron chi connectivity index (χ2n) is 4.67. The highest BCUT2D eigenvalue weighted by atomic mass is 79.9. The van der Waals surface area contributed by atoms with Gasteiger partial charge in [0.25, 0.3) is 0 Å². The van der Waals surface area contributed by atoms with Crippen molar-refractivity contribution in [2.45, 2.75) is 19.8 Å². The van der Waals surface area contributed by atoms with Gasteiger partial charge in [-0.25, -0.2) is 0 Å². The third kappa shape index (κ3) is 2.50. The van der Waals surface area contributed by atoms with Gasteiger partial charge in [0.15, 0.2) is 0 Å². The van der Waals surface area contributed by atoms with Crippen LogP contribution in [-0.4, -0.2) is 5.11 Å². The van der Waals surface area contributed by atoms with E-state index in [9.17, 15) is 10.4 Å². The molecule has 2 aromatic rings. The van der Waals surface area contributed by atoms with E-state index in [1.54, 1.807) is 18.2 Å². The predicted octanol–water partition coefficient (Wildman–Crippen LogP) is 4.82. The van der Waals surface area contributed by atoms with E-state index in [1.807, 2.05) is 18.2 Å². The van der Waals surface area contributed by atoms with Gasteiger partial charge in [-0.1, -0.05) is 48.0 Å². The first-order valence-electron chi connectivity index (χ1n) is 6.07. The van der Waals surface area contributed by atoms with Gasteiger partial charge in [-0.15, -0.1) is 0 Å². The van der Waals surface area contributed by atoms with Crippen molar-refractivity contribution in [1.29, 1.82) is 5.26 Å². The average molecular weight is 316 g/mol. The number of phenolic OH excluding ortho intramolecular Hbond substituents is 1. The summed E-state index contributed by atoms with van der Waals surface area (Å²) in [5.74, 6) is 0.453. The lowest BCUT2D eigenvalue weighted by atomic mass is 9.89. The van der Waals surface area contributed by atoms with E-state index < -0.39 is 0 Å². The molecule has 0 aliphatic rings. The van der Waals surface area contributed by atoms with Gasteiger partial charge in [-0.05, 0) is 29.7 Å². The van der Waals surface area contributed by atoms with E-state index in [4.69, 9.17) is 0 Å². The number of hydrogen-bond acceptors (Lipinski definition) is 2. The number of halogens is 1. The van der Waals surface area contributed by atoms with Crippen LogP contribution in [0.2, 0.25) is 0 Å². The molecule has 0 amide bonds. The molecule has 2 rings (SSSR count).